The predicted octanol–water partition coefficient (Wildman–Crippen LogP) is 2.48. The van der Waals surface area contributed by atoms with Gasteiger partial charge in [-0.05, 0) is 32.1 Å². The van der Waals surface area contributed by atoms with Gasteiger partial charge < -0.3 is 29.3 Å². The van der Waals surface area contributed by atoms with E-state index in [1.54, 1.807) is 44.2 Å². The zero-order valence-corrected chi connectivity index (χ0v) is 20.0. The van der Waals surface area contributed by atoms with Crippen LogP contribution in [-0.4, -0.2) is 67.2 Å². The molecule has 1 aliphatic rings. The van der Waals surface area contributed by atoms with Gasteiger partial charge in [-0.1, -0.05) is 18.2 Å². The molecule has 2 aromatic heterocycles. The summed E-state index contributed by atoms with van der Waals surface area (Å²) in [6, 6.07) is 8.63. The number of anilines is 1. The first-order chi connectivity index (χ1) is 16.9. The van der Waals surface area contributed by atoms with Crippen molar-refractivity contribution in [2.45, 2.75) is 38.4 Å². The van der Waals surface area contributed by atoms with Crippen LogP contribution in [0.4, 0.5) is 5.82 Å². The number of carbonyl (C=O) groups is 1. The van der Waals surface area contributed by atoms with Crippen molar-refractivity contribution in [3.05, 3.63) is 60.4 Å². The van der Waals surface area contributed by atoms with E-state index < -0.39 is 32.1 Å². The molecule has 0 aliphatic carbocycles. The van der Waals surface area contributed by atoms with Gasteiger partial charge in [0.05, 0.1) is 19.5 Å². The number of ether oxygens (including phenoxy) is 1. The third-order valence-corrected chi connectivity index (χ3v) is 7.03. The summed E-state index contributed by atoms with van der Waals surface area (Å²) in [4.78, 5) is 25.1. The van der Waals surface area contributed by atoms with Gasteiger partial charge in [-0.15, -0.1) is 0 Å². The Labute approximate surface area is 201 Å². The van der Waals surface area contributed by atoms with Crippen LogP contribution >= 0.6 is 7.60 Å². The highest BCUT2D eigenvalue weighted by Crippen LogP contribution is 2.50. The summed E-state index contributed by atoms with van der Waals surface area (Å²) in [6.07, 6.45) is -0.773. The fourth-order valence-electron chi connectivity index (χ4n) is 3.65. The molecule has 3 N–H and O–H groups in total. The number of hydrogen-bond acceptors (Lipinski definition) is 10. The maximum Gasteiger partial charge on any atom is 0.353 e. The number of aliphatic hydroxyl groups is 2. The summed E-state index contributed by atoms with van der Waals surface area (Å²) < 4.78 is 30.4. The minimum absolute atomic E-state index is 0.171. The quantitative estimate of drug-likeness (QED) is 0.371. The predicted molar refractivity (Wildman–Crippen MR) is 126 cm³/mol. The van der Waals surface area contributed by atoms with Crippen LogP contribution in [-0.2, 0) is 18.3 Å². The smallest absolute Gasteiger partial charge is 0.353 e. The Kier molecular flexibility index (Phi) is 7.70. The summed E-state index contributed by atoms with van der Waals surface area (Å²) in [6.45, 7) is 3.71. The minimum Gasteiger partial charge on any atom is -0.387 e. The molecule has 4 rings (SSSR count). The lowest BCUT2D eigenvalue weighted by Gasteiger charge is -2.16. The Morgan fingerprint density at radius 2 is 1.86 bits per heavy atom. The van der Waals surface area contributed by atoms with Crippen molar-refractivity contribution < 1.29 is 33.4 Å². The fraction of sp³-hybridized carbons (Fsp3) is 0.364. The maximum atomic E-state index is 12.7. The van der Waals surface area contributed by atoms with E-state index in [0.29, 0.717) is 5.56 Å². The molecule has 0 bridgehead atoms. The Balaban J connectivity index is 1.57. The fourth-order valence-corrected chi connectivity index (χ4v) is 4.99. The summed E-state index contributed by atoms with van der Waals surface area (Å²) in [5.74, 6) is 1.03. The van der Waals surface area contributed by atoms with E-state index in [9.17, 15) is 19.6 Å². The second-order valence-corrected chi connectivity index (χ2v) is 9.45. The highest BCUT2D eigenvalue weighted by atomic mass is 31.2. The normalized spacial score (nSPS) is 22.7. The van der Waals surface area contributed by atoms with Crippen molar-refractivity contribution in [3.63, 3.8) is 0 Å². The molecule has 13 heteroatoms. The lowest BCUT2D eigenvalue weighted by Crippen LogP contribution is -2.30. The molecule has 1 aliphatic heterocycles. The third-order valence-electron chi connectivity index (χ3n) is 5.25. The molecule has 0 unspecified atom stereocenters. The van der Waals surface area contributed by atoms with Crippen molar-refractivity contribution in [1.82, 2.24) is 19.5 Å². The molecule has 1 aromatic carbocycles. The van der Waals surface area contributed by atoms with Gasteiger partial charge in [0.15, 0.2) is 23.2 Å². The van der Waals surface area contributed by atoms with E-state index in [-0.39, 0.29) is 36.1 Å². The van der Waals surface area contributed by atoms with Gasteiger partial charge in [-0.25, -0.2) is 15.0 Å². The number of amides is 1. The van der Waals surface area contributed by atoms with Crippen LogP contribution in [0.25, 0.3) is 11.2 Å². The van der Waals surface area contributed by atoms with Gasteiger partial charge in [0, 0.05) is 11.4 Å². The van der Waals surface area contributed by atoms with E-state index in [0.717, 1.165) is 0 Å². The topological polar surface area (TPSA) is 158 Å². The first-order valence-corrected chi connectivity index (χ1v) is 12.6. The Hall–Kier alpha value is -2.99. The van der Waals surface area contributed by atoms with Crippen LogP contribution in [0.2, 0.25) is 0 Å². The lowest BCUT2D eigenvalue weighted by atomic mass is 10.1. The van der Waals surface area contributed by atoms with Crippen molar-refractivity contribution in [3.8, 4) is 0 Å². The number of aromatic nitrogens is 4. The van der Waals surface area contributed by atoms with Crippen LogP contribution in [0.5, 0.6) is 0 Å². The Bertz CT molecular complexity index is 1240. The van der Waals surface area contributed by atoms with Crippen LogP contribution in [0.15, 0.2) is 54.9 Å². The minimum atomic E-state index is -3.52. The summed E-state index contributed by atoms with van der Waals surface area (Å²) in [5.41, 5.74) is 0.999. The van der Waals surface area contributed by atoms with E-state index in [4.69, 9.17) is 13.8 Å². The summed E-state index contributed by atoms with van der Waals surface area (Å²) in [5, 5.41) is 23.9. The Morgan fingerprint density at radius 3 is 2.54 bits per heavy atom. The van der Waals surface area contributed by atoms with Crippen molar-refractivity contribution in [2.75, 3.05) is 18.5 Å². The molecule has 12 nitrogen and oxygen atoms in total. The molecule has 0 saturated carbocycles. The van der Waals surface area contributed by atoms with Crippen molar-refractivity contribution in [2.24, 2.45) is 0 Å². The first kappa shape index (κ1) is 25.1. The summed E-state index contributed by atoms with van der Waals surface area (Å²) in [7, 11) is -3.52. The number of nitrogens with one attached hydrogen (secondary N) is 1. The molecule has 186 valence electrons. The number of fused-ring (bicyclic) bond motifs is 1. The number of rotatable bonds is 9. The van der Waals surface area contributed by atoms with E-state index >= 15 is 0 Å². The standard InChI is InChI=1S/C22H26N5O7P/c1-3-32-35(31,33-4-2)11-10-15-17(28)18(29)22(34-15)27-13-25-16-19(23-12-24-20(16)27)26-21(30)14-8-6-5-7-9-14/h5-13,15,17-18,22,28-29H,3-4H2,1-2H3,(H,23,24,26,30)/b11-10+/t15-,17-,18-,22-/m1/s1. The molecule has 0 radical (unpaired) electrons. The molecule has 3 heterocycles. The highest BCUT2D eigenvalue weighted by Gasteiger charge is 2.43. The number of aliphatic hydroxyl groups excluding tert-OH is 2. The van der Waals surface area contributed by atoms with Gasteiger partial charge in [-0.3, -0.25) is 13.9 Å². The largest absolute Gasteiger partial charge is 0.387 e. The first-order valence-electron chi connectivity index (χ1n) is 11.0. The van der Waals surface area contributed by atoms with Gasteiger partial charge in [0.25, 0.3) is 5.91 Å². The number of carbonyl (C=O) groups excluding carboxylic acids is 1. The molecule has 0 spiro atoms. The molecule has 1 fully saturated rings. The maximum absolute atomic E-state index is 12.7. The van der Waals surface area contributed by atoms with Gasteiger partial charge >= 0.3 is 7.60 Å². The molecule has 4 atom stereocenters. The number of benzene rings is 1. The van der Waals surface area contributed by atoms with Gasteiger partial charge in [-0.2, -0.15) is 0 Å². The van der Waals surface area contributed by atoms with Crippen LogP contribution in [0.3, 0.4) is 0 Å². The average molecular weight is 503 g/mol. The molecule has 1 saturated heterocycles. The Morgan fingerprint density at radius 1 is 1.14 bits per heavy atom. The second kappa shape index (κ2) is 10.7. The van der Waals surface area contributed by atoms with Crippen molar-refractivity contribution in [1.29, 1.82) is 0 Å². The SMILES string of the molecule is CCOP(=O)(/C=C/[C@H]1O[C@@H](n2cnc3c(NC(=O)c4ccccc4)ncnc32)[C@H](O)[C@@H]1O)OCC. The summed E-state index contributed by atoms with van der Waals surface area (Å²) >= 11 is 0. The second-order valence-electron chi connectivity index (χ2n) is 7.56. The monoisotopic (exact) mass is 503 g/mol. The zero-order chi connectivity index (χ0) is 25.0. The number of hydrogen-bond donors (Lipinski definition) is 3. The third kappa shape index (κ3) is 5.32. The van der Waals surface area contributed by atoms with E-state index in [1.165, 1.54) is 29.1 Å². The zero-order valence-electron chi connectivity index (χ0n) is 19.1. The average Bonchev–Trinajstić information content (AvgIpc) is 3.40. The molecule has 35 heavy (non-hydrogen) atoms. The highest BCUT2D eigenvalue weighted by molar-refractivity contribution is 7.57. The number of nitrogens with zero attached hydrogens (tertiary/aromatic N) is 4. The van der Waals surface area contributed by atoms with Crippen LogP contribution in [0, 0.1) is 0 Å². The van der Waals surface area contributed by atoms with Crippen molar-refractivity contribution >= 4 is 30.5 Å². The van der Waals surface area contributed by atoms with Gasteiger partial charge in [0.1, 0.15) is 24.6 Å². The lowest BCUT2D eigenvalue weighted by molar-refractivity contribution is -0.0244. The van der Waals surface area contributed by atoms with Crippen LogP contribution in [0.1, 0.15) is 30.4 Å². The molecular formula is C22H26N5O7P. The van der Waals surface area contributed by atoms with E-state index in [2.05, 4.69) is 20.3 Å². The molecular weight excluding hydrogens is 477 g/mol. The number of imidazole rings is 1. The molecule has 1 amide bonds. The molecule has 3 aromatic rings. The van der Waals surface area contributed by atoms with Crippen LogP contribution < -0.4 is 5.32 Å². The van der Waals surface area contributed by atoms with E-state index in [1.807, 2.05) is 0 Å². The van der Waals surface area contributed by atoms with Gasteiger partial charge in [0.2, 0.25) is 0 Å².